The Bertz CT molecular complexity index is 1080. The first-order valence-corrected chi connectivity index (χ1v) is 24.0. The molecule has 0 saturated heterocycles. The molecule has 0 fully saturated rings. The highest BCUT2D eigenvalue weighted by molar-refractivity contribution is 7.45. The number of carbonyl (C=O) groups is 1. The molecule has 8 nitrogen and oxygen atoms in total. The van der Waals surface area contributed by atoms with Gasteiger partial charge in [-0.05, 0) is 77.0 Å². The summed E-state index contributed by atoms with van der Waals surface area (Å²) >= 11 is 0. The first-order valence-electron chi connectivity index (χ1n) is 22.5. The number of likely N-dealkylation sites (N-methyl/N-ethyl adjacent to an activating group) is 1. The maximum absolute atomic E-state index is 12.7. The molecule has 326 valence electrons. The first-order chi connectivity index (χ1) is 27.1. The molecule has 0 saturated carbocycles. The predicted octanol–water partition coefficient (Wildman–Crippen LogP) is 12.7. The Morgan fingerprint density at radius 3 is 1.57 bits per heavy atom. The molecule has 56 heavy (non-hydrogen) atoms. The highest BCUT2D eigenvalue weighted by atomic mass is 31.2. The van der Waals surface area contributed by atoms with Crippen molar-refractivity contribution in [3.63, 3.8) is 0 Å². The molecule has 0 bridgehead atoms. The summed E-state index contributed by atoms with van der Waals surface area (Å²) in [5.74, 6) is -0.352. The lowest BCUT2D eigenvalue weighted by Crippen LogP contribution is -2.37. The monoisotopic (exact) mass is 808 g/mol. The van der Waals surface area contributed by atoms with E-state index in [9.17, 15) is 14.3 Å². The minimum atomic E-state index is -4.54. The smallest absolute Gasteiger partial charge is 0.306 e. The fourth-order valence-electron chi connectivity index (χ4n) is 5.82. The van der Waals surface area contributed by atoms with Gasteiger partial charge in [0.25, 0.3) is 7.82 Å². The SMILES string of the molecule is CC/C=C\C/C=C\C/C=C\C/C=C\CCCCCOCC(COP(=O)([O-])OCC[N+](C)(C)C)OC(=O)CCCCCCCCC/C=C\CCCCCCCCC. The van der Waals surface area contributed by atoms with Crippen LogP contribution in [0, 0.1) is 0 Å². The van der Waals surface area contributed by atoms with Crippen LogP contribution in [0.4, 0.5) is 0 Å². The van der Waals surface area contributed by atoms with Crippen molar-refractivity contribution in [3.8, 4) is 0 Å². The molecule has 0 radical (unpaired) electrons. The highest BCUT2D eigenvalue weighted by Crippen LogP contribution is 2.38. The number of phosphoric ester groups is 1. The van der Waals surface area contributed by atoms with Gasteiger partial charge in [0, 0.05) is 13.0 Å². The molecule has 0 aromatic carbocycles. The van der Waals surface area contributed by atoms with Crippen LogP contribution in [0.5, 0.6) is 0 Å². The van der Waals surface area contributed by atoms with Gasteiger partial charge in [0.05, 0.1) is 34.4 Å². The van der Waals surface area contributed by atoms with Crippen LogP contribution in [0.25, 0.3) is 0 Å². The fourth-order valence-corrected chi connectivity index (χ4v) is 6.55. The van der Waals surface area contributed by atoms with Crippen molar-refractivity contribution in [2.24, 2.45) is 0 Å². The van der Waals surface area contributed by atoms with Gasteiger partial charge in [0.15, 0.2) is 0 Å². The van der Waals surface area contributed by atoms with Gasteiger partial charge in [-0.3, -0.25) is 9.36 Å². The Hall–Kier alpha value is -1.80. The summed E-state index contributed by atoms with van der Waals surface area (Å²) in [6.07, 6.45) is 49.5. The number of allylic oxidation sites excluding steroid dienone is 10. The molecule has 0 N–H and O–H groups in total. The van der Waals surface area contributed by atoms with Crippen molar-refractivity contribution in [2.45, 2.75) is 180 Å². The van der Waals surface area contributed by atoms with Crippen LogP contribution in [-0.2, 0) is 27.9 Å². The lowest BCUT2D eigenvalue weighted by molar-refractivity contribution is -0.870. The molecule has 0 aliphatic carbocycles. The second-order valence-electron chi connectivity index (χ2n) is 16.0. The third kappa shape index (κ3) is 43.3. The number of carbonyl (C=O) groups excluding carboxylic acids is 1. The minimum absolute atomic E-state index is 0.0164. The molecule has 9 heteroatoms. The second kappa shape index (κ2) is 40.0. The van der Waals surface area contributed by atoms with E-state index in [0.29, 0.717) is 24.1 Å². The molecule has 0 aliphatic rings. The van der Waals surface area contributed by atoms with E-state index in [4.69, 9.17) is 18.5 Å². The van der Waals surface area contributed by atoms with Gasteiger partial charge in [-0.2, -0.15) is 0 Å². The summed E-state index contributed by atoms with van der Waals surface area (Å²) in [4.78, 5) is 25.1. The van der Waals surface area contributed by atoms with Gasteiger partial charge >= 0.3 is 5.97 Å². The molecule has 0 aliphatic heterocycles. The van der Waals surface area contributed by atoms with Gasteiger partial charge in [-0.15, -0.1) is 0 Å². The summed E-state index contributed by atoms with van der Waals surface area (Å²) in [5.41, 5.74) is 0. The predicted molar refractivity (Wildman–Crippen MR) is 236 cm³/mol. The second-order valence-corrected chi connectivity index (χ2v) is 17.4. The molecular weight excluding hydrogens is 721 g/mol. The maximum atomic E-state index is 12.7. The largest absolute Gasteiger partial charge is 0.756 e. The molecule has 0 rings (SSSR count). The van der Waals surface area contributed by atoms with Crippen molar-refractivity contribution < 1.29 is 37.3 Å². The first kappa shape index (κ1) is 54.2. The topological polar surface area (TPSA) is 94.1 Å². The molecule has 0 amide bonds. The van der Waals surface area contributed by atoms with Gasteiger partial charge in [-0.25, -0.2) is 0 Å². The van der Waals surface area contributed by atoms with Crippen LogP contribution in [0.2, 0.25) is 0 Å². The summed E-state index contributed by atoms with van der Waals surface area (Å²) in [6.45, 7) is 5.20. The van der Waals surface area contributed by atoms with Crippen LogP contribution >= 0.6 is 7.82 Å². The average molecular weight is 808 g/mol. The van der Waals surface area contributed by atoms with Gasteiger partial charge in [-0.1, -0.05) is 152 Å². The van der Waals surface area contributed by atoms with E-state index in [1.165, 1.54) is 83.5 Å². The molecule has 2 unspecified atom stereocenters. The third-order valence-corrected chi connectivity index (χ3v) is 10.3. The van der Waals surface area contributed by atoms with Crippen LogP contribution in [0.15, 0.2) is 60.8 Å². The van der Waals surface area contributed by atoms with Crippen LogP contribution in [-0.4, -0.2) is 70.7 Å². The van der Waals surface area contributed by atoms with Crippen molar-refractivity contribution in [1.29, 1.82) is 0 Å². The van der Waals surface area contributed by atoms with Crippen LogP contribution in [0.3, 0.4) is 0 Å². The number of quaternary nitrogens is 1. The van der Waals surface area contributed by atoms with Crippen LogP contribution < -0.4 is 4.89 Å². The lowest BCUT2D eigenvalue weighted by Gasteiger charge is -2.28. The molecule has 0 spiro atoms. The Morgan fingerprint density at radius 2 is 1.04 bits per heavy atom. The summed E-state index contributed by atoms with van der Waals surface area (Å²) in [6, 6.07) is 0. The zero-order valence-electron chi connectivity index (χ0n) is 36.8. The zero-order valence-corrected chi connectivity index (χ0v) is 37.7. The highest BCUT2D eigenvalue weighted by Gasteiger charge is 2.20. The number of hydrogen-bond acceptors (Lipinski definition) is 7. The number of hydrogen-bond donors (Lipinski definition) is 0. The van der Waals surface area contributed by atoms with E-state index >= 15 is 0 Å². The number of phosphoric acid groups is 1. The molecule has 0 aromatic heterocycles. The molecular formula is C47H86NO7P. The minimum Gasteiger partial charge on any atom is -0.756 e. The Labute approximate surface area is 345 Å². The molecule has 2 atom stereocenters. The Balaban J connectivity index is 4.29. The number of esters is 1. The van der Waals surface area contributed by atoms with Crippen molar-refractivity contribution >= 4 is 13.8 Å². The van der Waals surface area contributed by atoms with E-state index in [1.807, 2.05) is 21.1 Å². The van der Waals surface area contributed by atoms with E-state index in [-0.39, 0.29) is 25.8 Å². The van der Waals surface area contributed by atoms with E-state index in [0.717, 1.165) is 70.6 Å². The summed E-state index contributed by atoms with van der Waals surface area (Å²) < 4.78 is 34.6. The number of rotatable bonds is 41. The van der Waals surface area contributed by atoms with E-state index in [2.05, 4.69) is 74.6 Å². The third-order valence-electron chi connectivity index (χ3n) is 9.30. The fraction of sp³-hybridized carbons (Fsp3) is 0.766. The van der Waals surface area contributed by atoms with E-state index in [1.54, 1.807) is 0 Å². The van der Waals surface area contributed by atoms with Crippen molar-refractivity contribution in [2.75, 3.05) is 54.1 Å². The van der Waals surface area contributed by atoms with Gasteiger partial charge in [0.2, 0.25) is 0 Å². The van der Waals surface area contributed by atoms with E-state index < -0.39 is 13.9 Å². The van der Waals surface area contributed by atoms with Gasteiger partial charge in [0.1, 0.15) is 19.3 Å². The molecule has 0 aromatic rings. The van der Waals surface area contributed by atoms with Crippen molar-refractivity contribution in [1.82, 2.24) is 0 Å². The Morgan fingerprint density at radius 1 is 0.571 bits per heavy atom. The number of unbranched alkanes of at least 4 members (excludes halogenated alkanes) is 17. The van der Waals surface area contributed by atoms with Crippen LogP contribution in [0.1, 0.15) is 174 Å². The molecule has 0 heterocycles. The quantitative estimate of drug-likeness (QED) is 0.0200. The van der Waals surface area contributed by atoms with Gasteiger partial charge < -0.3 is 27.9 Å². The maximum Gasteiger partial charge on any atom is 0.306 e. The lowest BCUT2D eigenvalue weighted by atomic mass is 10.1. The Kier molecular flexibility index (Phi) is 38.7. The zero-order chi connectivity index (χ0) is 41.3. The summed E-state index contributed by atoms with van der Waals surface area (Å²) in [5, 5.41) is 0. The average Bonchev–Trinajstić information content (AvgIpc) is 3.15. The summed E-state index contributed by atoms with van der Waals surface area (Å²) in [7, 11) is 1.32. The standard InChI is InChI=1S/C47H86NO7P/c1-6-8-10-12-14-16-18-20-22-24-25-26-28-30-32-34-36-38-40-47(49)55-46(45-54-56(50,51)53-43-41-48(3,4)5)44-52-42-39-37-35-33-31-29-27-23-21-19-17-15-13-11-9-7-2/h9,11,15,17,21-24,29,31,46H,6-8,10,12-14,16,18-20,25-28,30,32-45H2,1-5H3/b11-9-,17-15-,23-21-,24-22-,31-29-. The normalized spacial score (nSPS) is 14.3. The number of nitrogens with zero attached hydrogens (tertiary/aromatic N) is 1. The van der Waals surface area contributed by atoms with Crippen molar-refractivity contribution in [3.05, 3.63) is 60.8 Å². The number of ether oxygens (including phenoxy) is 2.